The Morgan fingerprint density at radius 1 is 1.13 bits per heavy atom. The van der Waals surface area contributed by atoms with Gasteiger partial charge in [-0.15, -0.1) is 0 Å². The van der Waals surface area contributed by atoms with Crippen LogP contribution in [0.15, 0.2) is 55.1 Å². The molecule has 1 atom stereocenters. The van der Waals surface area contributed by atoms with E-state index in [1.165, 1.54) is 17.3 Å². The lowest BCUT2D eigenvalue weighted by molar-refractivity contribution is -0.119. The van der Waals surface area contributed by atoms with Crippen LogP contribution in [0.4, 0.5) is 17.1 Å². The SMILES string of the molecule is CC(C(=O)Nc1ccc(NC(=O)c2ccc3c(c2)NC(=O)CO3)cc1)n1cncn1. The molecule has 0 saturated heterocycles. The minimum Gasteiger partial charge on any atom is -0.482 e. The van der Waals surface area contributed by atoms with Crippen molar-refractivity contribution in [1.82, 2.24) is 14.8 Å². The van der Waals surface area contributed by atoms with Crippen LogP contribution in [0, 0.1) is 0 Å². The number of nitrogens with zero attached hydrogens (tertiary/aromatic N) is 3. The van der Waals surface area contributed by atoms with Crippen molar-refractivity contribution < 1.29 is 19.1 Å². The number of benzene rings is 2. The fourth-order valence-electron chi connectivity index (χ4n) is 2.85. The van der Waals surface area contributed by atoms with E-state index >= 15 is 0 Å². The second-order valence-electron chi connectivity index (χ2n) is 6.62. The summed E-state index contributed by atoms with van der Waals surface area (Å²) in [7, 11) is 0. The van der Waals surface area contributed by atoms with Gasteiger partial charge in [0.25, 0.3) is 11.8 Å². The molecule has 0 spiro atoms. The Balaban J connectivity index is 1.39. The van der Waals surface area contributed by atoms with Crippen LogP contribution in [0.3, 0.4) is 0 Å². The minimum absolute atomic E-state index is 0.0426. The molecule has 1 aliphatic rings. The maximum absolute atomic E-state index is 12.5. The van der Waals surface area contributed by atoms with E-state index in [4.69, 9.17) is 4.74 Å². The van der Waals surface area contributed by atoms with Gasteiger partial charge >= 0.3 is 0 Å². The van der Waals surface area contributed by atoms with Crippen LogP contribution < -0.4 is 20.7 Å². The Morgan fingerprint density at radius 2 is 1.87 bits per heavy atom. The quantitative estimate of drug-likeness (QED) is 0.595. The number of amides is 3. The lowest BCUT2D eigenvalue weighted by atomic mass is 10.1. The molecule has 0 fully saturated rings. The number of rotatable bonds is 5. The van der Waals surface area contributed by atoms with Crippen molar-refractivity contribution in [1.29, 1.82) is 0 Å². The predicted octanol–water partition coefficient (Wildman–Crippen LogP) is 2.06. The molecule has 4 rings (SSSR count). The molecule has 2 aromatic carbocycles. The van der Waals surface area contributed by atoms with Crippen molar-refractivity contribution in [2.45, 2.75) is 13.0 Å². The summed E-state index contributed by atoms with van der Waals surface area (Å²) in [6, 6.07) is 11.0. The Kier molecular flexibility index (Phi) is 5.12. The average Bonchev–Trinajstić information content (AvgIpc) is 3.28. The first-order valence-electron chi connectivity index (χ1n) is 9.13. The number of fused-ring (bicyclic) bond motifs is 1. The molecule has 10 nitrogen and oxygen atoms in total. The number of ether oxygens (including phenoxy) is 1. The lowest BCUT2D eigenvalue weighted by Crippen LogP contribution is -2.25. The van der Waals surface area contributed by atoms with Gasteiger partial charge in [-0.25, -0.2) is 9.67 Å². The minimum atomic E-state index is -0.514. The molecule has 2 heterocycles. The Labute approximate surface area is 171 Å². The topological polar surface area (TPSA) is 127 Å². The third kappa shape index (κ3) is 4.12. The van der Waals surface area contributed by atoms with Crippen LogP contribution in [0.25, 0.3) is 0 Å². The largest absolute Gasteiger partial charge is 0.482 e. The van der Waals surface area contributed by atoms with E-state index in [1.54, 1.807) is 49.4 Å². The van der Waals surface area contributed by atoms with Crippen LogP contribution in [0.2, 0.25) is 0 Å². The predicted molar refractivity (Wildman–Crippen MR) is 108 cm³/mol. The third-order valence-corrected chi connectivity index (χ3v) is 4.50. The van der Waals surface area contributed by atoms with Crippen molar-refractivity contribution in [3.8, 4) is 5.75 Å². The van der Waals surface area contributed by atoms with Crippen molar-refractivity contribution in [3.63, 3.8) is 0 Å². The monoisotopic (exact) mass is 406 g/mol. The van der Waals surface area contributed by atoms with Gasteiger partial charge in [0, 0.05) is 16.9 Å². The highest BCUT2D eigenvalue weighted by atomic mass is 16.5. The van der Waals surface area contributed by atoms with Gasteiger partial charge in [-0.3, -0.25) is 14.4 Å². The van der Waals surface area contributed by atoms with Crippen LogP contribution in [-0.4, -0.2) is 39.1 Å². The van der Waals surface area contributed by atoms with Gasteiger partial charge in [-0.05, 0) is 49.4 Å². The number of aromatic nitrogens is 3. The first-order valence-corrected chi connectivity index (χ1v) is 9.13. The molecule has 3 aromatic rings. The third-order valence-electron chi connectivity index (χ3n) is 4.50. The van der Waals surface area contributed by atoms with E-state index in [0.717, 1.165) is 0 Å². The summed E-state index contributed by atoms with van der Waals surface area (Å²) in [5.74, 6) is -0.327. The molecule has 3 amide bonds. The van der Waals surface area contributed by atoms with Gasteiger partial charge in [0.05, 0.1) is 5.69 Å². The Hall–Kier alpha value is -4.21. The molecular formula is C20H18N6O4. The van der Waals surface area contributed by atoms with Crippen LogP contribution in [-0.2, 0) is 9.59 Å². The zero-order valence-electron chi connectivity index (χ0n) is 16.0. The van der Waals surface area contributed by atoms with Crippen LogP contribution in [0.1, 0.15) is 23.3 Å². The summed E-state index contributed by atoms with van der Waals surface area (Å²) in [4.78, 5) is 40.1. The van der Waals surface area contributed by atoms with Crippen LogP contribution in [0.5, 0.6) is 5.75 Å². The van der Waals surface area contributed by atoms with Crippen LogP contribution >= 0.6 is 0 Å². The molecule has 0 bridgehead atoms. The number of anilines is 3. The highest BCUT2D eigenvalue weighted by Crippen LogP contribution is 2.28. The summed E-state index contributed by atoms with van der Waals surface area (Å²) in [5, 5.41) is 12.2. The average molecular weight is 406 g/mol. The van der Waals surface area contributed by atoms with Crippen molar-refractivity contribution in [3.05, 3.63) is 60.7 Å². The first kappa shape index (κ1) is 19.1. The van der Waals surface area contributed by atoms with E-state index in [-0.39, 0.29) is 24.3 Å². The Bertz CT molecular complexity index is 1090. The molecule has 0 saturated carbocycles. The second-order valence-corrected chi connectivity index (χ2v) is 6.62. The van der Waals surface area contributed by atoms with E-state index in [1.807, 2.05) is 0 Å². The van der Waals surface area contributed by atoms with E-state index in [2.05, 4.69) is 26.0 Å². The number of hydrogen-bond donors (Lipinski definition) is 3. The fourth-order valence-corrected chi connectivity index (χ4v) is 2.85. The van der Waals surface area contributed by atoms with E-state index < -0.39 is 6.04 Å². The van der Waals surface area contributed by atoms with Gasteiger partial charge in [-0.1, -0.05) is 0 Å². The van der Waals surface area contributed by atoms with E-state index in [0.29, 0.717) is 28.4 Å². The first-order chi connectivity index (χ1) is 14.5. The van der Waals surface area contributed by atoms with Crippen molar-refractivity contribution >= 4 is 34.8 Å². The van der Waals surface area contributed by atoms with Gasteiger partial charge in [0.1, 0.15) is 24.4 Å². The zero-order valence-corrected chi connectivity index (χ0v) is 16.0. The molecule has 10 heteroatoms. The number of nitrogens with one attached hydrogen (secondary N) is 3. The summed E-state index contributed by atoms with van der Waals surface area (Å²) < 4.78 is 6.74. The number of carbonyl (C=O) groups is 3. The molecule has 30 heavy (non-hydrogen) atoms. The fraction of sp³-hybridized carbons (Fsp3) is 0.150. The molecule has 1 unspecified atom stereocenters. The molecule has 1 aromatic heterocycles. The summed E-state index contributed by atoms with van der Waals surface area (Å²) in [6.45, 7) is 1.67. The summed E-state index contributed by atoms with van der Waals surface area (Å²) in [5.41, 5.74) is 1.97. The highest BCUT2D eigenvalue weighted by molar-refractivity contribution is 6.06. The molecule has 3 N–H and O–H groups in total. The lowest BCUT2D eigenvalue weighted by Gasteiger charge is -2.18. The second kappa shape index (κ2) is 8.03. The standard InChI is InChI=1S/C20H18N6O4/c1-12(26-11-21-10-22-26)19(28)23-14-3-5-15(6-4-14)24-20(29)13-2-7-17-16(8-13)25-18(27)9-30-17/h2-8,10-12H,9H2,1H3,(H,23,28)(H,24,29)(H,25,27). The van der Waals surface area contributed by atoms with Crippen molar-refractivity contribution in [2.75, 3.05) is 22.6 Å². The molecule has 0 radical (unpaired) electrons. The normalized spacial score (nSPS) is 13.4. The molecule has 1 aliphatic heterocycles. The molecule has 0 aliphatic carbocycles. The van der Waals surface area contributed by atoms with Gasteiger partial charge in [-0.2, -0.15) is 5.10 Å². The zero-order chi connectivity index (χ0) is 21.1. The smallest absolute Gasteiger partial charge is 0.262 e. The highest BCUT2D eigenvalue weighted by Gasteiger charge is 2.18. The van der Waals surface area contributed by atoms with Gasteiger partial charge in [0.15, 0.2) is 6.61 Å². The summed E-state index contributed by atoms with van der Waals surface area (Å²) in [6.07, 6.45) is 2.84. The van der Waals surface area contributed by atoms with Gasteiger partial charge < -0.3 is 20.7 Å². The number of carbonyl (C=O) groups excluding carboxylic acids is 3. The maximum Gasteiger partial charge on any atom is 0.262 e. The number of hydrogen-bond acceptors (Lipinski definition) is 6. The molecule has 152 valence electrons. The van der Waals surface area contributed by atoms with E-state index in [9.17, 15) is 14.4 Å². The summed E-state index contributed by atoms with van der Waals surface area (Å²) >= 11 is 0. The van der Waals surface area contributed by atoms with Gasteiger partial charge in [0.2, 0.25) is 5.91 Å². The van der Waals surface area contributed by atoms with Crippen molar-refractivity contribution in [2.24, 2.45) is 0 Å². The molecular weight excluding hydrogens is 388 g/mol. The maximum atomic E-state index is 12.5. The Morgan fingerprint density at radius 3 is 2.57 bits per heavy atom.